The molecular formula is C34H32Br2Cl2FNO6S. The molecule has 250 valence electrons. The van der Waals surface area contributed by atoms with Crippen molar-refractivity contribution in [2.45, 2.75) is 48.0 Å². The van der Waals surface area contributed by atoms with Crippen molar-refractivity contribution in [1.29, 1.82) is 0 Å². The van der Waals surface area contributed by atoms with E-state index in [0.29, 0.717) is 31.6 Å². The Bertz CT molecular complexity index is 1830. The van der Waals surface area contributed by atoms with Crippen LogP contribution in [-0.4, -0.2) is 51.0 Å². The maximum atomic E-state index is 14.0. The van der Waals surface area contributed by atoms with E-state index in [-0.39, 0.29) is 36.1 Å². The monoisotopic (exact) mass is 829 g/mol. The van der Waals surface area contributed by atoms with Gasteiger partial charge in [0.25, 0.3) is 5.91 Å². The van der Waals surface area contributed by atoms with Gasteiger partial charge in [-0.1, -0.05) is 57.3 Å². The van der Waals surface area contributed by atoms with E-state index in [2.05, 4.69) is 37.2 Å². The van der Waals surface area contributed by atoms with Crippen LogP contribution in [0.3, 0.4) is 0 Å². The van der Waals surface area contributed by atoms with Crippen molar-refractivity contribution >= 4 is 70.8 Å². The summed E-state index contributed by atoms with van der Waals surface area (Å²) in [7, 11) is -1.15. The fourth-order valence-electron chi connectivity index (χ4n) is 5.17. The molecule has 0 saturated heterocycles. The molecule has 0 aliphatic carbocycles. The maximum absolute atomic E-state index is 14.0. The number of ether oxygens (including phenoxy) is 2. The second-order valence-corrected chi connectivity index (χ2v) is 15.6. The molecule has 0 aliphatic heterocycles. The highest BCUT2D eigenvalue weighted by atomic mass is 79.9. The number of hydrogen-bond donors (Lipinski definition) is 2. The number of aliphatic hydroxyl groups excluding tert-OH is 1. The molecule has 0 saturated carbocycles. The Morgan fingerprint density at radius 1 is 0.957 bits per heavy atom. The number of sulfone groups is 1. The van der Waals surface area contributed by atoms with Crippen LogP contribution in [0.15, 0.2) is 92.7 Å². The van der Waals surface area contributed by atoms with Gasteiger partial charge in [0.2, 0.25) is 0 Å². The predicted octanol–water partition coefficient (Wildman–Crippen LogP) is 8.24. The van der Waals surface area contributed by atoms with Gasteiger partial charge in [0.15, 0.2) is 21.3 Å². The second kappa shape index (κ2) is 16.6. The van der Waals surface area contributed by atoms with Crippen LogP contribution in [0.2, 0.25) is 10.0 Å². The van der Waals surface area contributed by atoms with Gasteiger partial charge in [-0.3, -0.25) is 4.79 Å². The van der Waals surface area contributed by atoms with Crippen molar-refractivity contribution in [3.63, 3.8) is 0 Å². The Morgan fingerprint density at radius 3 is 2.28 bits per heavy atom. The molecule has 4 aromatic rings. The van der Waals surface area contributed by atoms with Gasteiger partial charge < -0.3 is 19.9 Å². The number of methoxy groups -OCH3 is 2. The lowest BCUT2D eigenvalue weighted by atomic mass is 9.96. The van der Waals surface area contributed by atoms with Crippen LogP contribution >= 0.6 is 55.1 Å². The van der Waals surface area contributed by atoms with Crippen LogP contribution in [0.5, 0.6) is 11.5 Å². The van der Waals surface area contributed by atoms with E-state index in [0.717, 1.165) is 22.2 Å². The number of aliphatic hydroxyl groups is 1. The van der Waals surface area contributed by atoms with Gasteiger partial charge in [-0.15, -0.1) is 0 Å². The first-order valence-electron chi connectivity index (χ1n) is 14.4. The Labute approximate surface area is 300 Å². The van der Waals surface area contributed by atoms with Crippen molar-refractivity contribution in [3.05, 3.63) is 120 Å². The summed E-state index contributed by atoms with van der Waals surface area (Å²) in [5.41, 5.74) is 1.70. The Hall–Kier alpha value is -2.67. The van der Waals surface area contributed by atoms with E-state index in [9.17, 15) is 22.7 Å². The standard InChI is InChI=1S/C34H32Br2Cl2FNO6S/c1-45-32-18-27(28(36)19-33(32)46-2)34(42)40-30(15-20-4-3-5-22(35)14-20)31(41)17-26(11-7-21-6-8-23(37)16-29(21)38)47(43,44)25-12-9-24(39)10-13-25/h3-6,8-10,12-14,16,18-19,26,30-31,41H,7,11,15,17H2,1-2H3,(H,40,42)/t26-,30-,31+/m0/s1. The molecule has 0 aliphatic rings. The van der Waals surface area contributed by atoms with E-state index >= 15 is 0 Å². The van der Waals surface area contributed by atoms with Gasteiger partial charge in [-0.25, -0.2) is 12.8 Å². The molecule has 0 aromatic heterocycles. The van der Waals surface area contributed by atoms with Gasteiger partial charge in [0.1, 0.15) is 5.82 Å². The molecule has 47 heavy (non-hydrogen) atoms. The average Bonchev–Trinajstić information content (AvgIpc) is 3.03. The fraction of sp³-hybridized carbons (Fsp3) is 0.265. The molecule has 0 fully saturated rings. The lowest BCUT2D eigenvalue weighted by molar-refractivity contribution is 0.0809. The van der Waals surface area contributed by atoms with Crippen molar-refractivity contribution in [1.82, 2.24) is 5.32 Å². The molecule has 2 N–H and O–H groups in total. The molecule has 4 rings (SSSR count). The molecule has 0 unspecified atom stereocenters. The third kappa shape index (κ3) is 9.70. The Morgan fingerprint density at radius 2 is 1.64 bits per heavy atom. The van der Waals surface area contributed by atoms with E-state index in [1.165, 1.54) is 32.4 Å². The summed E-state index contributed by atoms with van der Waals surface area (Å²) in [5, 5.41) is 14.4. The summed E-state index contributed by atoms with van der Waals surface area (Å²) in [6.07, 6.45) is -1.04. The van der Waals surface area contributed by atoms with E-state index in [4.69, 9.17) is 32.7 Å². The zero-order valence-electron chi connectivity index (χ0n) is 25.4. The first kappa shape index (κ1) is 37.2. The molecular weight excluding hydrogens is 800 g/mol. The first-order chi connectivity index (χ1) is 22.3. The fourth-order valence-corrected chi connectivity index (χ4v) is 8.40. The molecule has 4 aromatic carbocycles. The quantitative estimate of drug-likeness (QED) is 0.124. The van der Waals surface area contributed by atoms with Crippen LogP contribution in [0.25, 0.3) is 0 Å². The summed E-state index contributed by atoms with van der Waals surface area (Å²) in [5.74, 6) is -0.359. The first-order valence-corrected chi connectivity index (χ1v) is 18.3. The zero-order valence-corrected chi connectivity index (χ0v) is 30.9. The minimum atomic E-state index is -4.08. The van der Waals surface area contributed by atoms with Crippen LogP contribution in [0.1, 0.15) is 34.3 Å². The number of halogens is 5. The van der Waals surface area contributed by atoms with Crippen molar-refractivity contribution in [2.24, 2.45) is 0 Å². The highest BCUT2D eigenvalue weighted by Crippen LogP contribution is 2.34. The average molecular weight is 832 g/mol. The van der Waals surface area contributed by atoms with Crippen LogP contribution in [0, 0.1) is 5.82 Å². The summed E-state index contributed by atoms with van der Waals surface area (Å²) in [6.45, 7) is 0. The van der Waals surface area contributed by atoms with Gasteiger partial charge in [-0.05, 0) is 113 Å². The third-order valence-electron chi connectivity index (χ3n) is 7.68. The summed E-state index contributed by atoms with van der Waals surface area (Å²) < 4.78 is 53.6. The summed E-state index contributed by atoms with van der Waals surface area (Å²) in [6, 6.07) is 19.1. The second-order valence-electron chi connectivity index (χ2n) is 10.8. The van der Waals surface area contributed by atoms with Crippen molar-refractivity contribution in [3.8, 4) is 11.5 Å². The van der Waals surface area contributed by atoms with E-state index < -0.39 is 39.0 Å². The van der Waals surface area contributed by atoms with Crippen molar-refractivity contribution in [2.75, 3.05) is 14.2 Å². The molecule has 0 spiro atoms. The molecule has 7 nitrogen and oxygen atoms in total. The van der Waals surface area contributed by atoms with Gasteiger partial charge in [0, 0.05) is 19.0 Å². The minimum Gasteiger partial charge on any atom is -0.493 e. The van der Waals surface area contributed by atoms with Gasteiger partial charge in [-0.2, -0.15) is 0 Å². The predicted molar refractivity (Wildman–Crippen MR) is 189 cm³/mol. The van der Waals surface area contributed by atoms with Crippen molar-refractivity contribution < 1.29 is 32.2 Å². The topological polar surface area (TPSA) is 102 Å². The molecule has 0 heterocycles. The Balaban J connectivity index is 1.68. The third-order valence-corrected chi connectivity index (χ3v) is 11.7. The molecule has 0 bridgehead atoms. The number of hydrogen-bond acceptors (Lipinski definition) is 6. The molecule has 3 atom stereocenters. The number of amides is 1. The molecule has 13 heteroatoms. The van der Waals surface area contributed by atoms with Crippen LogP contribution < -0.4 is 14.8 Å². The van der Waals surface area contributed by atoms with Crippen LogP contribution in [0.4, 0.5) is 4.39 Å². The number of benzene rings is 4. The van der Waals surface area contributed by atoms with Crippen LogP contribution in [-0.2, 0) is 22.7 Å². The van der Waals surface area contributed by atoms with Gasteiger partial charge in [0.05, 0.1) is 42.1 Å². The lowest BCUT2D eigenvalue weighted by Gasteiger charge is -2.28. The highest BCUT2D eigenvalue weighted by Gasteiger charge is 2.34. The van der Waals surface area contributed by atoms with Gasteiger partial charge >= 0.3 is 0 Å². The number of nitrogens with one attached hydrogen (secondary N) is 1. The number of aryl methyl sites for hydroxylation is 1. The van der Waals surface area contributed by atoms with E-state index in [1.807, 2.05) is 24.3 Å². The highest BCUT2D eigenvalue weighted by molar-refractivity contribution is 9.10. The zero-order chi connectivity index (χ0) is 34.3. The Kier molecular flexibility index (Phi) is 13.1. The molecule has 0 radical (unpaired) electrons. The summed E-state index contributed by atoms with van der Waals surface area (Å²) >= 11 is 19.3. The lowest BCUT2D eigenvalue weighted by Crippen LogP contribution is -2.47. The number of rotatable bonds is 14. The SMILES string of the molecule is COc1cc(Br)c(C(=O)N[C@@H](Cc2cccc(Br)c2)[C@H](O)C[C@H](CCc2ccc(Cl)cc2Cl)S(=O)(=O)c2ccc(F)cc2)cc1OC. The maximum Gasteiger partial charge on any atom is 0.252 e. The number of carbonyl (C=O) groups is 1. The smallest absolute Gasteiger partial charge is 0.252 e. The normalized spacial score (nSPS) is 13.4. The summed E-state index contributed by atoms with van der Waals surface area (Å²) in [4.78, 5) is 13.6. The molecule has 1 amide bonds. The largest absolute Gasteiger partial charge is 0.493 e. The minimum absolute atomic E-state index is 0.0803. The number of carbonyl (C=O) groups excluding carboxylic acids is 1. The van der Waals surface area contributed by atoms with E-state index in [1.54, 1.807) is 24.3 Å².